The Hall–Kier alpha value is -1.69. The summed E-state index contributed by atoms with van der Waals surface area (Å²) < 4.78 is 10.6. The van der Waals surface area contributed by atoms with Crippen LogP contribution < -0.4 is 0 Å². The van der Waals surface area contributed by atoms with Gasteiger partial charge in [-0.05, 0) is 20.8 Å². The van der Waals surface area contributed by atoms with Crippen molar-refractivity contribution in [2.24, 2.45) is 11.8 Å². The predicted molar refractivity (Wildman–Crippen MR) is 84.4 cm³/mol. The van der Waals surface area contributed by atoms with Gasteiger partial charge in [0, 0.05) is 44.1 Å². The molecular weight excluding hydrogens is 320 g/mol. The predicted octanol–water partition coefficient (Wildman–Crippen LogP) is 2.87. The molecule has 126 valence electrons. The van der Waals surface area contributed by atoms with Crippen LogP contribution >= 0.6 is 11.6 Å². The zero-order valence-corrected chi connectivity index (χ0v) is 14.3. The summed E-state index contributed by atoms with van der Waals surface area (Å²) in [4.78, 5) is 28.0. The lowest BCUT2D eigenvalue weighted by molar-refractivity contribution is 0.0275. The molecule has 2 aliphatic heterocycles. The van der Waals surface area contributed by atoms with Crippen molar-refractivity contribution >= 4 is 23.6 Å². The van der Waals surface area contributed by atoms with Crippen LogP contribution in [0.2, 0.25) is 5.02 Å². The van der Waals surface area contributed by atoms with Gasteiger partial charge in [-0.25, -0.2) is 4.79 Å². The molecule has 1 aromatic rings. The molecule has 2 fully saturated rings. The molecular formula is C16H21ClN2O4. The smallest absolute Gasteiger partial charge is 0.410 e. The van der Waals surface area contributed by atoms with Gasteiger partial charge in [-0.15, -0.1) is 0 Å². The number of fused-ring (bicyclic) bond motifs is 1. The minimum atomic E-state index is -0.491. The fourth-order valence-electron chi connectivity index (χ4n) is 3.22. The third-order valence-corrected chi connectivity index (χ3v) is 4.40. The quantitative estimate of drug-likeness (QED) is 0.788. The topological polar surface area (TPSA) is 63.0 Å². The zero-order valence-electron chi connectivity index (χ0n) is 13.5. The van der Waals surface area contributed by atoms with Crippen LogP contribution in [0.4, 0.5) is 4.79 Å². The Balaban J connectivity index is 1.57. The first kappa shape index (κ1) is 16.2. The van der Waals surface area contributed by atoms with E-state index in [0.29, 0.717) is 31.2 Å². The van der Waals surface area contributed by atoms with Crippen molar-refractivity contribution < 1.29 is 18.7 Å². The number of hydrogen-bond donors (Lipinski definition) is 0. The second-order valence-corrected chi connectivity index (χ2v) is 7.68. The highest BCUT2D eigenvalue weighted by molar-refractivity contribution is 6.30. The maximum atomic E-state index is 12.4. The number of carbonyl (C=O) groups excluding carboxylic acids is 2. The molecule has 2 amide bonds. The standard InChI is InChI=1S/C16H21ClN2O4/c1-16(2,3)23-15(21)19-7-10-5-18(6-11(10)8-19)14(20)13-4-12(17)9-22-13/h4,9-11H,5-8H2,1-3H3. The fourth-order valence-corrected chi connectivity index (χ4v) is 3.36. The molecule has 0 N–H and O–H groups in total. The lowest BCUT2D eigenvalue weighted by atomic mass is 10.0. The van der Waals surface area contributed by atoms with Gasteiger partial charge < -0.3 is 19.0 Å². The van der Waals surface area contributed by atoms with Crippen molar-refractivity contribution in [3.63, 3.8) is 0 Å². The van der Waals surface area contributed by atoms with E-state index in [-0.39, 0.29) is 29.6 Å². The van der Waals surface area contributed by atoms with E-state index in [2.05, 4.69) is 0 Å². The maximum Gasteiger partial charge on any atom is 0.410 e. The van der Waals surface area contributed by atoms with Gasteiger partial charge in [-0.2, -0.15) is 0 Å². The lowest BCUT2D eigenvalue weighted by Gasteiger charge is -2.25. The number of rotatable bonds is 1. The Bertz CT molecular complexity index is 608. The number of nitrogens with zero attached hydrogens (tertiary/aromatic N) is 2. The molecule has 0 aliphatic carbocycles. The number of furan rings is 1. The van der Waals surface area contributed by atoms with E-state index in [1.807, 2.05) is 20.8 Å². The Morgan fingerprint density at radius 3 is 2.22 bits per heavy atom. The Morgan fingerprint density at radius 2 is 1.74 bits per heavy atom. The van der Waals surface area contributed by atoms with Crippen LogP contribution in [0.25, 0.3) is 0 Å². The Morgan fingerprint density at radius 1 is 1.17 bits per heavy atom. The summed E-state index contributed by atoms with van der Waals surface area (Å²) in [7, 11) is 0. The number of amides is 2. The maximum absolute atomic E-state index is 12.4. The molecule has 3 heterocycles. The monoisotopic (exact) mass is 340 g/mol. The molecule has 6 nitrogen and oxygen atoms in total. The Labute approximate surface area is 140 Å². The van der Waals surface area contributed by atoms with Gasteiger partial charge in [-0.1, -0.05) is 11.6 Å². The van der Waals surface area contributed by atoms with Gasteiger partial charge in [0.15, 0.2) is 5.76 Å². The first-order valence-corrected chi connectivity index (χ1v) is 8.12. The average Bonchev–Trinajstić information content (AvgIpc) is 3.08. The van der Waals surface area contributed by atoms with Crippen LogP contribution in [-0.4, -0.2) is 53.6 Å². The molecule has 0 radical (unpaired) electrons. The molecule has 2 saturated heterocycles. The highest BCUT2D eigenvalue weighted by Crippen LogP contribution is 2.33. The highest BCUT2D eigenvalue weighted by Gasteiger charge is 2.44. The van der Waals surface area contributed by atoms with Crippen molar-refractivity contribution in [3.8, 4) is 0 Å². The van der Waals surface area contributed by atoms with Gasteiger partial charge in [0.05, 0.1) is 5.02 Å². The first-order chi connectivity index (χ1) is 10.7. The van der Waals surface area contributed by atoms with E-state index in [1.165, 1.54) is 12.3 Å². The van der Waals surface area contributed by atoms with Gasteiger partial charge in [0.25, 0.3) is 5.91 Å². The van der Waals surface area contributed by atoms with E-state index >= 15 is 0 Å². The summed E-state index contributed by atoms with van der Waals surface area (Å²) in [5.74, 6) is 0.697. The molecule has 0 bridgehead atoms. The molecule has 3 rings (SSSR count). The van der Waals surface area contributed by atoms with E-state index in [4.69, 9.17) is 20.8 Å². The molecule has 7 heteroatoms. The van der Waals surface area contributed by atoms with E-state index in [0.717, 1.165) is 0 Å². The lowest BCUT2D eigenvalue weighted by Crippen LogP contribution is -2.38. The van der Waals surface area contributed by atoms with E-state index in [9.17, 15) is 9.59 Å². The molecule has 23 heavy (non-hydrogen) atoms. The van der Waals surface area contributed by atoms with Crippen molar-refractivity contribution in [1.29, 1.82) is 0 Å². The number of carbonyl (C=O) groups is 2. The summed E-state index contributed by atoms with van der Waals surface area (Å²) in [6.07, 6.45) is 1.08. The summed E-state index contributed by atoms with van der Waals surface area (Å²) in [6, 6.07) is 1.53. The molecule has 0 spiro atoms. The van der Waals surface area contributed by atoms with Gasteiger partial charge in [0.1, 0.15) is 11.9 Å². The zero-order chi connectivity index (χ0) is 16.8. The van der Waals surface area contributed by atoms with Gasteiger partial charge >= 0.3 is 6.09 Å². The molecule has 0 saturated carbocycles. The van der Waals surface area contributed by atoms with Gasteiger partial charge in [0.2, 0.25) is 0 Å². The summed E-state index contributed by atoms with van der Waals surface area (Å²) >= 11 is 5.79. The number of ether oxygens (including phenoxy) is 1. The number of halogens is 1. The summed E-state index contributed by atoms with van der Waals surface area (Å²) in [5.41, 5.74) is -0.491. The van der Waals surface area contributed by atoms with Crippen molar-refractivity contribution in [1.82, 2.24) is 9.80 Å². The molecule has 2 aliphatic rings. The second-order valence-electron chi connectivity index (χ2n) is 7.24. The van der Waals surface area contributed by atoms with Crippen LogP contribution in [0.15, 0.2) is 16.7 Å². The third kappa shape index (κ3) is 3.47. The minimum absolute atomic E-state index is 0.143. The molecule has 0 aromatic carbocycles. The van der Waals surface area contributed by atoms with Crippen LogP contribution in [0.3, 0.4) is 0 Å². The molecule has 2 atom stereocenters. The van der Waals surface area contributed by atoms with Crippen LogP contribution in [0.1, 0.15) is 31.3 Å². The highest BCUT2D eigenvalue weighted by atomic mass is 35.5. The van der Waals surface area contributed by atoms with Crippen molar-refractivity contribution in [3.05, 3.63) is 23.1 Å². The van der Waals surface area contributed by atoms with Crippen molar-refractivity contribution in [2.45, 2.75) is 26.4 Å². The summed E-state index contributed by atoms with van der Waals surface area (Å²) in [6.45, 7) is 8.08. The Kier molecular flexibility index (Phi) is 4.04. The van der Waals surface area contributed by atoms with Gasteiger partial charge in [-0.3, -0.25) is 4.79 Å². The SMILES string of the molecule is CC(C)(C)OC(=O)N1CC2CN(C(=O)c3cc(Cl)co3)CC2C1. The van der Waals surface area contributed by atoms with E-state index < -0.39 is 5.60 Å². The van der Waals surface area contributed by atoms with E-state index in [1.54, 1.807) is 9.80 Å². The normalized spacial score (nSPS) is 24.0. The fraction of sp³-hybridized carbons (Fsp3) is 0.625. The first-order valence-electron chi connectivity index (χ1n) is 7.74. The number of hydrogen-bond acceptors (Lipinski definition) is 4. The van der Waals surface area contributed by atoms with Crippen LogP contribution in [-0.2, 0) is 4.74 Å². The largest absolute Gasteiger partial charge is 0.458 e. The minimum Gasteiger partial charge on any atom is -0.458 e. The van der Waals surface area contributed by atoms with Crippen LogP contribution in [0.5, 0.6) is 0 Å². The number of likely N-dealkylation sites (tertiary alicyclic amines) is 2. The molecule has 2 unspecified atom stereocenters. The molecule has 1 aromatic heterocycles. The van der Waals surface area contributed by atoms with Crippen LogP contribution in [0, 0.1) is 11.8 Å². The second kappa shape index (κ2) is 5.74. The van der Waals surface area contributed by atoms with Crippen molar-refractivity contribution in [2.75, 3.05) is 26.2 Å². The summed E-state index contributed by atoms with van der Waals surface area (Å²) in [5, 5.41) is 0.420. The third-order valence-electron chi connectivity index (χ3n) is 4.20. The average molecular weight is 341 g/mol.